The first-order valence-corrected chi connectivity index (χ1v) is 6.89. The van der Waals surface area contributed by atoms with Gasteiger partial charge in [0, 0.05) is 6.54 Å². The van der Waals surface area contributed by atoms with Crippen LogP contribution in [0.1, 0.15) is 33.1 Å². The molecule has 6 N–H and O–H groups in total. The van der Waals surface area contributed by atoms with Crippen LogP contribution < -0.4 is 22.4 Å². The first-order valence-electron chi connectivity index (χ1n) is 6.89. The maximum absolute atomic E-state index is 11.4. The first-order chi connectivity index (χ1) is 9.13. The van der Waals surface area contributed by atoms with Crippen molar-refractivity contribution in [2.75, 3.05) is 26.7 Å². The van der Waals surface area contributed by atoms with Gasteiger partial charge in [-0.15, -0.1) is 5.10 Å². The van der Waals surface area contributed by atoms with E-state index < -0.39 is 0 Å². The van der Waals surface area contributed by atoms with Crippen LogP contribution in [0.5, 0.6) is 0 Å². The van der Waals surface area contributed by atoms with Gasteiger partial charge in [0.1, 0.15) is 0 Å². The number of likely N-dealkylation sites (tertiary alicyclic amines) is 1. The molecule has 0 aromatic heterocycles. The second-order valence-corrected chi connectivity index (χ2v) is 4.42. The third kappa shape index (κ3) is 7.63. The summed E-state index contributed by atoms with van der Waals surface area (Å²) in [5, 5.41) is 6.13. The Morgan fingerprint density at radius 1 is 1.37 bits per heavy atom. The molecule has 1 fully saturated rings. The average Bonchev–Trinajstić information content (AvgIpc) is 2.43. The number of hydrazone groups is 1. The fraction of sp³-hybridized carbons (Fsp3) is 0.833. The van der Waals surface area contributed by atoms with Gasteiger partial charge in [-0.3, -0.25) is 4.79 Å². The highest BCUT2D eigenvalue weighted by atomic mass is 16.2. The Balaban J connectivity index is 0.00000154. The highest BCUT2D eigenvalue weighted by Crippen LogP contribution is 2.18. The van der Waals surface area contributed by atoms with E-state index in [-0.39, 0.29) is 11.7 Å². The van der Waals surface area contributed by atoms with Gasteiger partial charge in [-0.1, -0.05) is 13.8 Å². The Hall–Kier alpha value is -1.34. The lowest BCUT2D eigenvalue weighted by atomic mass is 9.94. The zero-order valence-electron chi connectivity index (χ0n) is 12.3. The topological polar surface area (TPSA) is 109 Å². The summed E-state index contributed by atoms with van der Waals surface area (Å²) < 4.78 is 0. The molecule has 1 aliphatic heterocycles. The predicted molar refractivity (Wildman–Crippen MR) is 78.1 cm³/mol. The Kier molecular flexibility index (Phi) is 9.82. The van der Waals surface area contributed by atoms with Crippen molar-refractivity contribution in [3.05, 3.63) is 0 Å². The Bertz CT molecular complexity index is 273. The largest absolute Gasteiger partial charge is 0.378 e. The number of hydrazine groups is 1. The molecule has 0 atom stereocenters. The van der Waals surface area contributed by atoms with Gasteiger partial charge in [-0.05, 0) is 45.3 Å². The molecule has 1 aliphatic rings. The molecule has 0 aromatic carbocycles. The summed E-state index contributed by atoms with van der Waals surface area (Å²) in [6.07, 6.45) is 3.38. The maximum atomic E-state index is 11.4. The van der Waals surface area contributed by atoms with E-state index in [2.05, 4.69) is 22.4 Å². The van der Waals surface area contributed by atoms with Crippen molar-refractivity contribution in [1.29, 1.82) is 0 Å². The van der Waals surface area contributed by atoms with Gasteiger partial charge in [0.05, 0.1) is 0 Å². The van der Waals surface area contributed by atoms with Crippen LogP contribution in [0, 0.1) is 5.92 Å². The standard InChI is InChI=1S/C10H22N6O.C2H6/c1-16-6-3-8(4-7-16)2-5-13-10(17)9(11)14-15-12;1-2/h8,15H,2-7,12H2,1H3,(H2,11,14)(H,13,17);1-2H3. The van der Waals surface area contributed by atoms with Gasteiger partial charge < -0.3 is 16.0 Å². The molecule has 7 heteroatoms. The Labute approximate surface area is 115 Å². The molecule has 1 rings (SSSR count). The molecule has 0 saturated carbocycles. The molecule has 19 heavy (non-hydrogen) atoms. The minimum Gasteiger partial charge on any atom is -0.378 e. The van der Waals surface area contributed by atoms with Crippen LogP contribution >= 0.6 is 0 Å². The molecule has 0 aromatic rings. The fourth-order valence-corrected chi connectivity index (χ4v) is 1.95. The van der Waals surface area contributed by atoms with Crippen LogP contribution in [0.3, 0.4) is 0 Å². The Morgan fingerprint density at radius 2 is 1.95 bits per heavy atom. The summed E-state index contributed by atoms with van der Waals surface area (Å²) in [6.45, 7) is 6.91. The van der Waals surface area contributed by atoms with Crippen molar-refractivity contribution in [3.63, 3.8) is 0 Å². The number of carbonyl (C=O) groups is 1. The highest BCUT2D eigenvalue weighted by Gasteiger charge is 2.16. The van der Waals surface area contributed by atoms with E-state index in [9.17, 15) is 4.79 Å². The third-order valence-electron chi connectivity index (χ3n) is 3.09. The van der Waals surface area contributed by atoms with E-state index in [0.717, 1.165) is 19.5 Å². The van der Waals surface area contributed by atoms with Crippen molar-refractivity contribution in [3.8, 4) is 0 Å². The summed E-state index contributed by atoms with van der Waals surface area (Å²) in [5.74, 6) is 5.09. The summed E-state index contributed by atoms with van der Waals surface area (Å²) in [6, 6.07) is 0. The average molecular weight is 272 g/mol. The molecule has 7 nitrogen and oxygen atoms in total. The second kappa shape index (κ2) is 10.6. The van der Waals surface area contributed by atoms with E-state index >= 15 is 0 Å². The van der Waals surface area contributed by atoms with Gasteiger partial charge in [0.15, 0.2) is 0 Å². The molecule has 1 heterocycles. The minimum atomic E-state index is -0.379. The van der Waals surface area contributed by atoms with E-state index in [4.69, 9.17) is 11.6 Å². The van der Waals surface area contributed by atoms with Crippen LogP contribution in [0.2, 0.25) is 0 Å². The number of hydrogen-bond donors (Lipinski definition) is 4. The normalized spacial score (nSPS) is 17.4. The van der Waals surface area contributed by atoms with Crippen molar-refractivity contribution in [1.82, 2.24) is 15.8 Å². The minimum absolute atomic E-state index is 0.143. The number of piperidine rings is 1. The van der Waals surface area contributed by atoms with E-state index in [0.29, 0.717) is 12.5 Å². The number of nitrogens with two attached hydrogens (primary N) is 2. The molecule has 0 aliphatic carbocycles. The summed E-state index contributed by atoms with van der Waals surface area (Å²) in [4.78, 5) is 13.7. The van der Waals surface area contributed by atoms with Crippen molar-refractivity contribution < 1.29 is 4.79 Å². The zero-order chi connectivity index (χ0) is 14.7. The fourth-order valence-electron chi connectivity index (χ4n) is 1.95. The van der Waals surface area contributed by atoms with Crippen LogP contribution in [0.15, 0.2) is 5.10 Å². The number of hydrogen-bond acceptors (Lipinski definition) is 5. The number of rotatable bonds is 4. The van der Waals surface area contributed by atoms with Gasteiger partial charge in [0.25, 0.3) is 5.91 Å². The molecule has 1 amide bonds. The SMILES string of the molecule is CC.CN1CCC(CCNC(=O)/C(N)=N/NN)CC1. The molecule has 0 radical (unpaired) electrons. The zero-order valence-corrected chi connectivity index (χ0v) is 12.3. The Morgan fingerprint density at radius 3 is 2.47 bits per heavy atom. The lowest BCUT2D eigenvalue weighted by Gasteiger charge is -2.28. The maximum Gasteiger partial charge on any atom is 0.288 e. The van der Waals surface area contributed by atoms with Crippen molar-refractivity contribution in [2.45, 2.75) is 33.1 Å². The molecule has 0 unspecified atom stereocenters. The van der Waals surface area contributed by atoms with Crippen LogP contribution in [-0.2, 0) is 4.79 Å². The first kappa shape index (κ1) is 17.7. The smallest absolute Gasteiger partial charge is 0.288 e. The number of amides is 1. The van der Waals surface area contributed by atoms with Gasteiger partial charge >= 0.3 is 0 Å². The number of nitrogens with zero attached hydrogens (tertiary/aromatic N) is 2. The summed E-state index contributed by atoms with van der Waals surface area (Å²) >= 11 is 0. The van der Waals surface area contributed by atoms with Crippen LogP contribution in [0.4, 0.5) is 0 Å². The molecule has 112 valence electrons. The van der Waals surface area contributed by atoms with Gasteiger partial charge in [0.2, 0.25) is 5.84 Å². The van der Waals surface area contributed by atoms with Gasteiger partial charge in [-0.2, -0.15) is 0 Å². The number of nitrogens with one attached hydrogen (secondary N) is 2. The lowest BCUT2D eigenvalue weighted by Crippen LogP contribution is -2.39. The van der Waals surface area contributed by atoms with Gasteiger partial charge in [-0.25, -0.2) is 11.4 Å². The third-order valence-corrected chi connectivity index (χ3v) is 3.09. The number of amidine groups is 1. The van der Waals surface area contributed by atoms with E-state index in [1.807, 2.05) is 19.4 Å². The van der Waals surface area contributed by atoms with Crippen molar-refractivity contribution >= 4 is 11.7 Å². The summed E-state index contributed by atoms with van der Waals surface area (Å²) in [7, 11) is 2.13. The van der Waals surface area contributed by atoms with Crippen LogP contribution in [-0.4, -0.2) is 43.3 Å². The second-order valence-electron chi connectivity index (χ2n) is 4.42. The van der Waals surface area contributed by atoms with E-state index in [1.54, 1.807) is 0 Å². The van der Waals surface area contributed by atoms with Crippen LogP contribution in [0.25, 0.3) is 0 Å². The quantitative estimate of drug-likeness (QED) is 0.241. The number of carbonyl (C=O) groups excluding carboxylic acids is 1. The highest BCUT2D eigenvalue weighted by molar-refractivity contribution is 6.37. The molecular weight excluding hydrogens is 244 g/mol. The predicted octanol–water partition coefficient (Wildman–Crippen LogP) is -0.404. The molecule has 0 spiro atoms. The molecule has 1 saturated heterocycles. The molecule has 0 bridgehead atoms. The lowest BCUT2D eigenvalue weighted by molar-refractivity contribution is -0.114. The van der Waals surface area contributed by atoms with Crippen molar-refractivity contribution in [2.24, 2.45) is 22.6 Å². The monoisotopic (exact) mass is 272 g/mol. The molecular formula is C12H28N6O. The summed E-state index contributed by atoms with van der Waals surface area (Å²) in [5.41, 5.74) is 7.34. The van der Waals surface area contributed by atoms with E-state index in [1.165, 1.54) is 12.8 Å².